The number of nitrogens with zero attached hydrogens (tertiary/aromatic N) is 1. The number of benzene rings is 2. The fourth-order valence-corrected chi connectivity index (χ4v) is 2.19. The molecule has 0 amide bonds. The van der Waals surface area contributed by atoms with Gasteiger partial charge in [0.2, 0.25) is 0 Å². The molecule has 2 aromatic carbocycles. The number of halogens is 1. The van der Waals surface area contributed by atoms with Gasteiger partial charge in [-0.1, -0.05) is 29.8 Å². The molecular formula is C15H15ClN2O3. The van der Waals surface area contributed by atoms with Gasteiger partial charge in [0, 0.05) is 22.7 Å². The minimum atomic E-state index is -0.452. The van der Waals surface area contributed by atoms with Crippen molar-refractivity contribution in [1.82, 2.24) is 0 Å². The van der Waals surface area contributed by atoms with Crippen molar-refractivity contribution in [2.45, 2.75) is 19.6 Å². The third-order valence-corrected chi connectivity index (χ3v) is 3.27. The first kappa shape index (κ1) is 15.3. The predicted molar refractivity (Wildman–Crippen MR) is 81.5 cm³/mol. The number of nitro benzene ring substituents is 1. The number of nitrogens with two attached hydrogens (primary N) is 1. The highest BCUT2D eigenvalue weighted by molar-refractivity contribution is 6.30. The van der Waals surface area contributed by atoms with Gasteiger partial charge in [-0.2, -0.15) is 0 Å². The summed E-state index contributed by atoms with van der Waals surface area (Å²) < 4.78 is 5.69. The van der Waals surface area contributed by atoms with E-state index >= 15 is 0 Å². The molecule has 0 saturated heterocycles. The Morgan fingerprint density at radius 1 is 1.33 bits per heavy atom. The monoisotopic (exact) mass is 306 g/mol. The zero-order valence-electron chi connectivity index (χ0n) is 11.5. The summed E-state index contributed by atoms with van der Waals surface area (Å²) in [5, 5.41) is 11.4. The Morgan fingerprint density at radius 3 is 2.71 bits per heavy atom. The minimum absolute atomic E-state index is 0.0160. The van der Waals surface area contributed by atoms with Crippen molar-refractivity contribution in [2.75, 3.05) is 0 Å². The van der Waals surface area contributed by atoms with Crippen LogP contribution in [-0.4, -0.2) is 4.92 Å². The number of hydrogen-bond donors (Lipinski definition) is 1. The van der Waals surface area contributed by atoms with Crippen LogP contribution in [0, 0.1) is 10.1 Å². The maximum atomic E-state index is 11.0. The average molecular weight is 307 g/mol. The second-order valence-corrected chi connectivity index (χ2v) is 5.08. The number of para-hydroxylation sites is 1. The lowest BCUT2D eigenvalue weighted by Crippen LogP contribution is -2.08. The molecule has 21 heavy (non-hydrogen) atoms. The maximum Gasteiger partial charge on any atom is 0.276 e. The lowest BCUT2D eigenvalue weighted by molar-refractivity contribution is -0.385. The lowest BCUT2D eigenvalue weighted by atomic mass is 10.1. The standard InChI is InChI=1S/C15H15ClN2O3/c1-10(17)13-4-2-3-5-15(13)21-9-11-8-12(16)6-7-14(11)18(19)20/h2-8,10H,9,17H2,1H3/t10-/m0/s1. The number of nitro groups is 1. The van der Waals surface area contributed by atoms with E-state index in [0.29, 0.717) is 16.3 Å². The highest BCUT2D eigenvalue weighted by Gasteiger charge is 2.15. The van der Waals surface area contributed by atoms with Crippen LogP contribution in [0.15, 0.2) is 42.5 Å². The van der Waals surface area contributed by atoms with Crippen molar-refractivity contribution in [3.8, 4) is 5.75 Å². The van der Waals surface area contributed by atoms with Crippen LogP contribution in [-0.2, 0) is 6.61 Å². The zero-order valence-corrected chi connectivity index (χ0v) is 12.2. The van der Waals surface area contributed by atoms with Crippen LogP contribution in [0.25, 0.3) is 0 Å². The molecule has 0 aliphatic heterocycles. The van der Waals surface area contributed by atoms with Crippen LogP contribution >= 0.6 is 11.6 Å². The molecule has 2 rings (SSSR count). The van der Waals surface area contributed by atoms with Gasteiger partial charge < -0.3 is 10.5 Å². The quantitative estimate of drug-likeness (QED) is 0.672. The van der Waals surface area contributed by atoms with E-state index < -0.39 is 4.92 Å². The van der Waals surface area contributed by atoms with E-state index in [2.05, 4.69) is 0 Å². The second kappa shape index (κ2) is 6.56. The van der Waals surface area contributed by atoms with Gasteiger partial charge in [0.15, 0.2) is 0 Å². The van der Waals surface area contributed by atoms with Crippen LogP contribution < -0.4 is 10.5 Å². The maximum absolute atomic E-state index is 11.0. The molecule has 0 fully saturated rings. The van der Waals surface area contributed by atoms with Crippen molar-refractivity contribution >= 4 is 17.3 Å². The van der Waals surface area contributed by atoms with Crippen LogP contribution in [0.3, 0.4) is 0 Å². The molecule has 5 nitrogen and oxygen atoms in total. The van der Waals surface area contributed by atoms with Gasteiger partial charge in [0.05, 0.1) is 10.5 Å². The van der Waals surface area contributed by atoms with E-state index in [0.717, 1.165) is 5.56 Å². The molecule has 0 aromatic heterocycles. The van der Waals surface area contributed by atoms with E-state index in [1.807, 2.05) is 25.1 Å². The van der Waals surface area contributed by atoms with Crippen LogP contribution in [0.4, 0.5) is 5.69 Å². The van der Waals surface area contributed by atoms with E-state index in [1.165, 1.54) is 18.2 Å². The first-order valence-corrected chi connectivity index (χ1v) is 6.77. The average Bonchev–Trinajstić information content (AvgIpc) is 2.45. The summed E-state index contributed by atoms with van der Waals surface area (Å²) in [4.78, 5) is 10.6. The Kier molecular flexibility index (Phi) is 4.77. The van der Waals surface area contributed by atoms with E-state index in [9.17, 15) is 10.1 Å². The van der Waals surface area contributed by atoms with Gasteiger partial charge in [-0.3, -0.25) is 10.1 Å². The molecule has 0 bridgehead atoms. The molecule has 0 aliphatic carbocycles. The summed E-state index contributed by atoms with van der Waals surface area (Å²) in [6.45, 7) is 1.91. The van der Waals surface area contributed by atoms with Crippen molar-refractivity contribution in [3.63, 3.8) is 0 Å². The molecule has 0 saturated carbocycles. The van der Waals surface area contributed by atoms with Crippen molar-refractivity contribution in [1.29, 1.82) is 0 Å². The third kappa shape index (κ3) is 3.71. The summed E-state index contributed by atoms with van der Waals surface area (Å²) in [5.41, 5.74) is 7.13. The summed E-state index contributed by atoms with van der Waals surface area (Å²) in [6, 6.07) is 11.6. The Hall–Kier alpha value is -2.11. The Labute approximate surface area is 127 Å². The number of rotatable bonds is 5. The molecule has 0 spiro atoms. The lowest BCUT2D eigenvalue weighted by Gasteiger charge is -2.14. The molecule has 0 unspecified atom stereocenters. The fourth-order valence-electron chi connectivity index (χ4n) is 1.99. The summed E-state index contributed by atoms with van der Waals surface area (Å²) in [7, 11) is 0. The molecular weight excluding hydrogens is 292 g/mol. The smallest absolute Gasteiger partial charge is 0.276 e. The Morgan fingerprint density at radius 2 is 2.05 bits per heavy atom. The summed E-state index contributed by atoms with van der Waals surface area (Å²) in [5.74, 6) is 0.613. The number of ether oxygens (including phenoxy) is 1. The summed E-state index contributed by atoms with van der Waals surface area (Å²) >= 11 is 5.89. The van der Waals surface area contributed by atoms with Crippen LogP contribution in [0.2, 0.25) is 5.02 Å². The normalized spacial score (nSPS) is 12.0. The molecule has 110 valence electrons. The number of hydrogen-bond acceptors (Lipinski definition) is 4. The first-order chi connectivity index (χ1) is 9.99. The third-order valence-electron chi connectivity index (χ3n) is 3.03. The molecule has 0 heterocycles. The van der Waals surface area contributed by atoms with Crippen LogP contribution in [0.1, 0.15) is 24.1 Å². The molecule has 1 atom stereocenters. The topological polar surface area (TPSA) is 78.4 Å². The molecule has 2 N–H and O–H groups in total. The van der Waals surface area contributed by atoms with Crippen molar-refractivity contribution < 1.29 is 9.66 Å². The van der Waals surface area contributed by atoms with Crippen LogP contribution in [0.5, 0.6) is 5.75 Å². The van der Waals surface area contributed by atoms with Gasteiger partial charge in [0.25, 0.3) is 5.69 Å². The van der Waals surface area contributed by atoms with Gasteiger partial charge in [-0.15, -0.1) is 0 Å². The molecule has 0 aliphatic rings. The minimum Gasteiger partial charge on any atom is -0.488 e. The van der Waals surface area contributed by atoms with Gasteiger partial charge in [-0.25, -0.2) is 0 Å². The molecule has 6 heteroatoms. The van der Waals surface area contributed by atoms with Gasteiger partial charge in [0.1, 0.15) is 12.4 Å². The SMILES string of the molecule is C[C@H](N)c1ccccc1OCc1cc(Cl)ccc1[N+](=O)[O-]. The highest BCUT2D eigenvalue weighted by Crippen LogP contribution is 2.27. The van der Waals surface area contributed by atoms with E-state index in [-0.39, 0.29) is 18.3 Å². The van der Waals surface area contributed by atoms with Crippen molar-refractivity contribution in [2.24, 2.45) is 5.73 Å². The largest absolute Gasteiger partial charge is 0.488 e. The van der Waals surface area contributed by atoms with Gasteiger partial charge in [-0.05, 0) is 25.1 Å². The Bertz CT molecular complexity index is 659. The van der Waals surface area contributed by atoms with E-state index in [1.54, 1.807) is 6.07 Å². The second-order valence-electron chi connectivity index (χ2n) is 4.65. The van der Waals surface area contributed by atoms with E-state index in [4.69, 9.17) is 22.1 Å². The molecule has 2 aromatic rings. The predicted octanol–water partition coefficient (Wildman–Crippen LogP) is 3.85. The molecule has 0 radical (unpaired) electrons. The van der Waals surface area contributed by atoms with Gasteiger partial charge >= 0.3 is 0 Å². The highest BCUT2D eigenvalue weighted by atomic mass is 35.5. The first-order valence-electron chi connectivity index (χ1n) is 6.39. The van der Waals surface area contributed by atoms with Crippen molar-refractivity contribution in [3.05, 3.63) is 68.7 Å². The summed E-state index contributed by atoms with van der Waals surface area (Å²) in [6.07, 6.45) is 0. The fraction of sp³-hybridized carbons (Fsp3) is 0.200. The zero-order chi connectivity index (χ0) is 15.4. The Balaban J connectivity index is 2.25.